The van der Waals surface area contributed by atoms with Crippen molar-refractivity contribution in [3.8, 4) is 5.88 Å². The molecule has 2 rings (SSSR count). The van der Waals surface area contributed by atoms with E-state index in [-0.39, 0.29) is 11.9 Å². The summed E-state index contributed by atoms with van der Waals surface area (Å²) in [6.07, 6.45) is 2.04. The number of benzene rings is 1. The number of rotatable bonds is 5. The maximum atomic E-state index is 13.1. The summed E-state index contributed by atoms with van der Waals surface area (Å²) in [7, 11) is 3.38. The van der Waals surface area contributed by atoms with E-state index in [1.54, 1.807) is 19.2 Å². The standard InChI is InChI=1S/C14H15ClFN3O/c1-17-12(13-7-14(20-2)19-8-18-13)5-9-3-4-10(16)6-11(9)15/h3-4,6-8,12,17H,5H2,1-2H3. The van der Waals surface area contributed by atoms with Crippen molar-refractivity contribution in [1.82, 2.24) is 15.3 Å². The molecule has 0 radical (unpaired) electrons. The molecular weight excluding hydrogens is 281 g/mol. The topological polar surface area (TPSA) is 47.0 Å². The minimum Gasteiger partial charge on any atom is -0.481 e. The van der Waals surface area contributed by atoms with Crippen LogP contribution in [0.4, 0.5) is 4.39 Å². The van der Waals surface area contributed by atoms with Gasteiger partial charge in [0.05, 0.1) is 18.8 Å². The summed E-state index contributed by atoms with van der Waals surface area (Å²) in [6.45, 7) is 0. The summed E-state index contributed by atoms with van der Waals surface area (Å²) < 4.78 is 18.1. The van der Waals surface area contributed by atoms with Crippen LogP contribution < -0.4 is 10.1 Å². The zero-order chi connectivity index (χ0) is 14.5. The summed E-state index contributed by atoms with van der Waals surface area (Å²) in [4.78, 5) is 8.21. The first-order valence-electron chi connectivity index (χ1n) is 6.11. The van der Waals surface area contributed by atoms with Crippen molar-refractivity contribution in [3.63, 3.8) is 0 Å². The van der Waals surface area contributed by atoms with Crippen LogP contribution in [0.15, 0.2) is 30.6 Å². The molecule has 4 nitrogen and oxygen atoms in total. The fraction of sp³-hybridized carbons (Fsp3) is 0.286. The van der Waals surface area contributed by atoms with Gasteiger partial charge in [-0.1, -0.05) is 17.7 Å². The van der Waals surface area contributed by atoms with Crippen LogP contribution in [0.1, 0.15) is 17.3 Å². The predicted molar refractivity (Wildman–Crippen MR) is 75.5 cm³/mol. The largest absolute Gasteiger partial charge is 0.481 e. The lowest BCUT2D eigenvalue weighted by Crippen LogP contribution is -2.20. The van der Waals surface area contributed by atoms with E-state index in [1.165, 1.54) is 18.5 Å². The Morgan fingerprint density at radius 2 is 2.15 bits per heavy atom. The van der Waals surface area contributed by atoms with Crippen molar-refractivity contribution in [2.75, 3.05) is 14.2 Å². The lowest BCUT2D eigenvalue weighted by atomic mass is 10.0. The molecule has 0 amide bonds. The van der Waals surface area contributed by atoms with E-state index in [2.05, 4.69) is 15.3 Å². The van der Waals surface area contributed by atoms with Gasteiger partial charge in [0.25, 0.3) is 0 Å². The number of aromatic nitrogens is 2. The minimum atomic E-state index is -0.344. The van der Waals surface area contributed by atoms with E-state index < -0.39 is 0 Å². The van der Waals surface area contributed by atoms with Crippen LogP contribution >= 0.6 is 11.6 Å². The van der Waals surface area contributed by atoms with Crippen molar-refractivity contribution in [2.24, 2.45) is 0 Å². The fourth-order valence-electron chi connectivity index (χ4n) is 1.92. The van der Waals surface area contributed by atoms with Gasteiger partial charge in [-0.05, 0) is 31.2 Å². The van der Waals surface area contributed by atoms with Crippen molar-refractivity contribution < 1.29 is 9.13 Å². The summed E-state index contributed by atoms with van der Waals surface area (Å²) in [5.74, 6) is 0.156. The maximum Gasteiger partial charge on any atom is 0.216 e. The Morgan fingerprint density at radius 1 is 1.35 bits per heavy atom. The van der Waals surface area contributed by atoms with Gasteiger partial charge >= 0.3 is 0 Å². The average Bonchev–Trinajstić information content (AvgIpc) is 2.46. The smallest absolute Gasteiger partial charge is 0.216 e. The van der Waals surface area contributed by atoms with E-state index in [4.69, 9.17) is 16.3 Å². The lowest BCUT2D eigenvalue weighted by molar-refractivity contribution is 0.394. The van der Waals surface area contributed by atoms with Gasteiger partial charge < -0.3 is 10.1 Å². The Labute approximate surface area is 122 Å². The number of likely N-dealkylation sites (N-methyl/N-ethyl adjacent to an activating group) is 1. The van der Waals surface area contributed by atoms with Crippen LogP contribution in [0.3, 0.4) is 0 Å². The van der Waals surface area contributed by atoms with Crippen LogP contribution in [-0.2, 0) is 6.42 Å². The normalized spacial score (nSPS) is 12.2. The Morgan fingerprint density at radius 3 is 2.80 bits per heavy atom. The summed E-state index contributed by atoms with van der Waals surface area (Å²) in [6, 6.07) is 6.09. The van der Waals surface area contributed by atoms with E-state index >= 15 is 0 Å². The molecular formula is C14H15ClFN3O. The molecule has 1 N–H and O–H groups in total. The molecule has 6 heteroatoms. The first kappa shape index (κ1) is 14.7. The number of nitrogens with one attached hydrogen (secondary N) is 1. The molecule has 0 aliphatic rings. The molecule has 0 saturated heterocycles. The summed E-state index contributed by atoms with van der Waals surface area (Å²) in [5, 5.41) is 3.57. The monoisotopic (exact) mass is 295 g/mol. The molecule has 20 heavy (non-hydrogen) atoms. The van der Waals surface area contributed by atoms with Gasteiger partial charge in [0.15, 0.2) is 0 Å². The third-order valence-electron chi connectivity index (χ3n) is 3.02. The van der Waals surface area contributed by atoms with Crippen LogP contribution in [0.5, 0.6) is 5.88 Å². The molecule has 2 aromatic rings. The van der Waals surface area contributed by atoms with E-state index in [9.17, 15) is 4.39 Å². The molecule has 1 aromatic heterocycles. The van der Waals surface area contributed by atoms with Gasteiger partial charge in [-0.15, -0.1) is 0 Å². The Kier molecular flexibility index (Phi) is 4.87. The molecule has 0 spiro atoms. The highest BCUT2D eigenvalue weighted by Crippen LogP contribution is 2.24. The van der Waals surface area contributed by atoms with Crippen molar-refractivity contribution in [1.29, 1.82) is 0 Å². The van der Waals surface area contributed by atoms with E-state index in [1.807, 2.05) is 7.05 Å². The highest BCUT2D eigenvalue weighted by Gasteiger charge is 2.15. The fourth-order valence-corrected chi connectivity index (χ4v) is 2.16. The second-order valence-electron chi connectivity index (χ2n) is 4.27. The molecule has 0 bridgehead atoms. The highest BCUT2D eigenvalue weighted by atomic mass is 35.5. The lowest BCUT2D eigenvalue weighted by Gasteiger charge is -2.16. The zero-order valence-electron chi connectivity index (χ0n) is 11.2. The molecule has 1 unspecified atom stereocenters. The van der Waals surface area contributed by atoms with Gasteiger partial charge in [0, 0.05) is 11.1 Å². The quantitative estimate of drug-likeness (QED) is 0.921. The first-order chi connectivity index (χ1) is 9.63. The Bertz CT molecular complexity index is 594. The second-order valence-corrected chi connectivity index (χ2v) is 4.67. The van der Waals surface area contributed by atoms with Gasteiger partial charge in [-0.25, -0.2) is 14.4 Å². The van der Waals surface area contributed by atoms with Gasteiger partial charge in [-0.3, -0.25) is 0 Å². The molecule has 0 aliphatic heterocycles. The number of nitrogens with zero attached hydrogens (tertiary/aromatic N) is 2. The second kappa shape index (κ2) is 6.63. The number of hydrogen-bond donors (Lipinski definition) is 1. The summed E-state index contributed by atoms with van der Waals surface area (Å²) >= 11 is 6.05. The highest BCUT2D eigenvalue weighted by molar-refractivity contribution is 6.31. The Hall–Kier alpha value is -1.72. The molecule has 1 aromatic carbocycles. The SMILES string of the molecule is CNC(Cc1ccc(F)cc1Cl)c1cc(OC)ncn1. The molecule has 0 saturated carbocycles. The average molecular weight is 296 g/mol. The van der Waals surface area contributed by atoms with Crippen LogP contribution in [0.2, 0.25) is 5.02 Å². The van der Waals surface area contributed by atoms with Gasteiger partial charge in [0.2, 0.25) is 5.88 Å². The number of halogens is 2. The van der Waals surface area contributed by atoms with Crippen LogP contribution in [0.25, 0.3) is 0 Å². The molecule has 1 heterocycles. The minimum absolute atomic E-state index is 0.0603. The number of methoxy groups -OCH3 is 1. The predicted octanol–water partition coefficient (Wildman–Crippen LogP) is 2.78. The Balaban J connectivity index is 2.23. The van der Waals surface area contributed by atoms with Crippen LogP contribution in [-0.4, -0.2) is 24.1 Å². The van der Waals surface area contributed by atoms with E-state index in [0.717, 1.165) is 11.3 Å². The maximum absolute atomic E-state index is 13.1. The van der Waals surface area contributed by atoms with Crippen molar-refractivity contribution in [3.05, 3.63) is 52.7 Å². The third kappa shape index (κ3) is 3.43. The van der Waals surface area contributed by atoms with E-state index in [0.29, 0.717) is 17.3 Å². The molecule has 106 valence electrons. The first-order valence-corrected chi connectivity index (χ1v) is 6.49. The van der Waals surface area contributed by atoms with Gasteiger partial charge in [-0.2, -0.15) is 0 Å². The number of hydrogen-bond acceptors (Lipinski definition) is 4. The van der Waals surface area contributed by atoms with Crippen molar-refractivity contribution in [2.45, 2.75) is 12.5 Å². The third-order valence-corrected chi connectivity index (χ3v) is 3.37. The summed E-state index contributed by atoms with van der Waals surface area (Å²) in [5.41, 5.74) is 1.64. The molecule has 0 aliphatic carbocycles. The number of ether oxygens (including phenoxy) is 1. The van der Waals surface area contributed by atoms with Gasteiger partial charge in [0.1, 0.15) is 12.1 Å². The molecule has 1 atom stereocenters. The van der Waals surface area contributed by atoms with Crippen molar-refractivity contribution >= 4 is 11.6 Å². The van der Waals surface area contributed by atoms with Crippen LogP contribution in [0, 0.1) is 5.82 Å². The molecule has 0 fully saturated rings. The zero-order valence-corrected chi connectivity index (χ0v) is 12.0.